The third kappa shape index (κ3) is 4.32. The summed E-state index contributed by atoms with van der Waals surface area (Å²) in [4.78, 5) is 27.6. The van der Waals surface area contributed by atoms with Gasteiger partial charge in [0.05, 0.1) is 39.6 Å². The van der Waals surface area contributed by atoms with Crippen LogP contribution in [0.3, 0.4) is 0 Å². The SMILES string of the molecule is COC(=O)C1=C(C)N(CCc2ccccc2)C(=O)/C1=C\c1ccc(OC)c(OC)c1OC. The van der Waals surface area contributed by atoms with E-state index in [1.165, 1.54) is 28.4 Å². The molecule has 1 heterocycles. The maximum absolute atomic E-state index is 13.4. The first-order chi connectivity index (χ1) is 15.5. The van der Waals surface area contributed by atoms with Crippen LogP contribution in [-0.2, 0) is 20.7 Å². The Balaban J connectivity index is 2.04. The molecule has 0 N–H and O–H groups in total. The molecule has 32 heavy (non-hydrogen) atoms. The predicted octanol–water partition coefficient (Wildman–Crippen LogP) is 3.63. The second-order valence-electron chi connectivity index (χ2n) is 7.13. The fourth-order valence-corrected chi connectivity index (χ4v) is 3.78. The number of carbonyl (C=O) groups excluding carboxylic acids is 2. The van der Waals surface area contributed by atoms with Gasteiger partial charge in [0.1, 0.15) is 0 Å². The van der Waals surface area contributed by atoms with Crippen molar-refractivity contribution in [3.8, 4) is 17.2 Å². The van der Waals surface area contributed by atoms with Crippen molar-refractivity contribution in [1.29, 1.82) is 0 Å². The van der Waals surface area contributed by atoms with Crippen LogP contribution in [0.5, 0.6) is 17.2 Å². The Labute approximate surface area is 187 Å². The van der Waals surface area contributed by atoms with Crippen LogP contribution in [0.2, 0.25) is 0 Å². The van der Waals surface area contributed by atoms with Crippen molar-refractivity contribution >= 4 is 18.0 Å². The Morgan fingerprint density at radius 3 is 2.22 bits per heavy atom. The summed E-state index contributed by atoms with van der Waals surface area (Å²) in [6, 6.07) is 13.3. The highest BCUT2D eigenvalue weighted by Gasteiger charge is 2.37. The third-order valence-corrected chi connectivity index (χ3v) is 5.40. The monoisotopic (exact) mass is 437 g/mol. The van der Waals surface area contributed by atoms with E-state index in [2.05, 4.69) is 0 Å². The fourth-order valence-electron chi connectivity index (χ4n) is 3.78. The van der Waals surface area contributed by atoms with Crippen LogP contribution in [0.1, 0.15) is 18.1 Å². The van der Waals surface area contributed by atoms with Crippen LogP contribution in [-0.4, -0.2) is 51.8 Å². The first kappa shape index (κ1) is 22.9. The van der Waals surface area contributed by atoms with Crippen molar-refractivity contribution in [2.45, 2.75) is 13.3 Å². The van der Waals surface area contributed by atoms with Gasteiger partial charge >= 0.3 is 5.97 Å². The number of hydrogen-bond acceptors (Lipinski definition) is 6. The fraction of sp³-hybridized carbons (Fsp3) is 0.280. The standard InChI is InChI=1S/C25H27NO6/c1-16-21(25(28)32-5)19(24(27)26(16)14-13-17-9-7-6-8-10-17)15-18-11-12-20(29-2)23(31-4)22(18)30-3/h6-12,15H,13-14H2,1-5H3/b19-15-. The minimum absolute atomic E-state index is 0.238. The molecule has 7 nitrogen and oxygen atoms in total. The van der Waals surface area contributed by atoms with Crippen LogP contribution in [0, 0.1) is 0 Å². The van der Waals surface area contributed by atoms with Crippen LogP contribution in [0.4, 0.5) is 0 Å². The number of esters is 1. The largest absolute Gasteiger partial charge is 0.493 e. The number of allylic oxidation sites excluding steroid dienone is 1. The predicted molar refractivity (Wildman–Crippen MR) is 121 cm³/mol. The Hall–Kier alpha value is -3.74. The molecule has 0 bridgehead atoms. The van der Waals surface area contributed by atoms with Crippen molar-refractivity contribution in [1.82, 2.24) is 4.90 Å². The minimum atomic E-state index is -0.566. The normalized spacial score (nSPS) is 14.7. The Morgan fingerprint density at radius 2 is 1.62 bits per heavy atom. The van der Waals surface area contributed by atoms with Crippen LogP contribution >= 0.6 is 0 Å². The number of rotatable bonds is 8. The summed E-state index contributed by atoms with van der Waals surface area (Å²) >= 11 is 0. The molecule has 0 unspecified atom stereocenters. The quantitative estimate of drug-likeness (QED) is 0.464. The van der Waals surface area contributed by atoms with Crippen molar-refractivity contribution in [2.75, 3.05) is 35.0 Å². The van der Waals surface area contributed by atoms with E-state index >= 15 is 0 Å². The van der Waals surface area contributed by atoms with Crippen molar-refractivity contribution in [3.63, 3.8) is 0 Å². The molecule has 0 aromatic heterocycles. The highest BCUT2D eigenvalue weighted by molar-refractivity contribution is 6.16. The number of carbonyl (C=O) groups is 2. The zero-order valence-electron chi connectivity index (χ0n) is 18.9. The van der Waals surface area contributed by atoms with Gasteiger partial charge in [0, 0.05) is 17.8 Å². The van der Waals surface area contributed by atoms with Crippen molar-refractivity contribution in [3.05, 3.63) is 70.4 Å². The second kappa shape index (κ2) is 10.0. The molecule has 1 amide bonds. The number of benzene rings is 2. The summed E-state index contributed by atoms with van der Waals surface area (Å²) in [5.41, 5.74) is 2.72. The summed E-state index contributed by atoms with van der Waals surface area (Å²) in [5, 5.41) is 0. The van der Waals surface area contributed by atoms with E-state index in [4.69, 9.17) is 18.9 Å². The molecule has 0 aliphatic carbocycles. The number of amides is 1. The molecule has 0 spiro atoms. The summed E-state index contributed by atoms with van der Waals surface area (Å²) in [6.45, 7) is 2.19. The van der Waals surface area contributed by atoms with E-state index in [-0.39, 0.29) is 17.1 Å². The summed E-state index contributed by atoms with van der Waals surface area (Å²) in [6.07, 6.45) is 2.28. The van der Waals surface area contributed by atoms with Gasteiger partial charge in [0.2, 0.25) is 5.75 Å². The molecule has 0 atom stereocenters. The van der Waals surface area contributed by atoms with E-state index in [9.17, 15) is 9.59 Å². The molecule has 2 aromatic rings. The van der Waals surface area contributed by atoms with Gasteiger partial charge in [-0.15, -0.1) is 0 Å². The number of methoxy groups -OCH3 is 4. The number of nitrogens with zero attached hydrogens (tertiary/aromatic N) is 1. The molecule has 2 aromatic carbocycles. The van der Waals surface area contributed by atoms with Crippen LogP contribution < -0.4 is 14.2 Å². The number of hydrogen-bond donors (Lipinski definition) is 0. The highest BCUT2D eigenvalue weighted by Crippen LogP contribution is 2.42. The van der Waals surface area contributed by atoms with E-state index < -0.39 is 5.97 Å². The molecule has 1 aliphatic rings. The summed E-state index contributed by atoms with van der Waals surface area (Å²) in [5.74, 6) is 0.459. The van der Waals surface area contributed by atoms with E-state index in [1.54, 1.807) is 30.0 Å². The van der Waals surface area contributed by atoms with Gasteiger partial charge in [0.25, 0.3) is 5.91 Å². The minimum Gasteiger partial charge on any atom is -0.493 e. The molecule has 0 radical (unpaired) electrons. The molecule has 0 fully saturated rings. The molecule has 0 saturated carbocycles. The van der Waals surface area contributed by atoms with Crippen molar-refractivity contribution < 1.29 is 28.5 Å². The lowest BCUT2D eigenvalue weighted by molar-refractivity contribution is -0.136. The topological polar surface area (TPSA) is 74.3 Å². The van der Waals surface area contributed by atoms with Gasteiger partial charge in [-0.1, -0.05) is 30.3 Å². The van der Waals surface area contributed by atoms with E-state index in [1.807, 2.05) is 30.3 Å². The maximum atomic E-state index is 13.4. The lowest BCUT2D eigenvalue weighted by atomic mass is 10.0. The molecular weight excluding hydrogens is 410 g/mol. The summed E-state index contributed by atoms with van der Waals surface area (Å²) in [7, 11) is 5.84. The highest BCUT2D eigenvalue weighted by atomic mass is 16.5. The molecule has 7 heteroatoms. The van der Waals surface area contributed by atoms with Gasteiger partial charge in [-0.3, -0.25) is 4.79 Å². The van der Waals surface area contributed by atoms with Gasteiger partial charge in [-0.2, -0.15) is 0 Å². The van der Waals surface area contributed by atoms with Gasteiger partial charge in [-0.25, -0.2) is 4.79 Å². The zero-order valence-corrected chi connectivity index (χ0v) is 18.9. The molecular formula is C25H27NO6. The van der Waals surface area contributed by atoms with Crippen LogP contribution in [0.15, 0.2) is 59.3 Å². The van der Waals surface area contributed by atoms with Crippen LogP contribution in [0.25, 0.3) is 6.08 Å². The number of ether oxygens (including phenoxy) is 4. The maximum Gasteiger partial charge on any atom is 0.340 e. The van der Waals surface area contributed by atoms with Gasteiger partial charge in [-0.05, 0) is 37.1 Å². The van der Waals surface area contributed by atoms with Crippen molar-refractivity contribution in [2.24, 2.45) is 0 Å². The van der Waals surface area contributed by atoms with Gasteiger partial charge in [0.15, 0.2) is 11.5 Å². The molecule has 3 rings (SSSR count). The second-order valence-corrected chi connectivity index (χ2v) is 7.13. The van der Waals surface area contributed by atoms with E-state index in [0.29, 0.717) is 41.5 Å². The van der Waals surface area contributed by atoms with E-state index in [0.717, 1.165) is 5.56 Å². The lowest BCUT2D eigenvalue weighted by Gasteiger charge is -2.18. The average molecular weight is 437 g/mol. The smallest absolute Gasteiger partial charge is 0.340 e. The average Bonchev–Trinajstić information content (AvgIpc) is 3.06. The zero-order chi connectivity index (χ0) is 23.3. The molecule has 1 aliphatic heterocycles. The Morgan fingerprint density at radius 1 is 0.938 bits per heavy atom. The first-order valence-electron chi connectivity index (χ1n) is 10.1. The van der Waals surface area contributed by atoms with Gasteiger partial charge < -0.3 is 23.8 Å². The lowest BCUT2D eigenvalue weighted by Crippen LogP contribution is -2.27. The summed E-state index contributed by atoms with van der Waals surface area (Å²) < 4.78 is 21.3. The molecule has 168 valence electrons. The first-order valence-corrected chi connectivity index (χ1v) is 10.1. The third-order valence-electron chi connectivity index (χ3n) is 5.40. The Kier molecular flexibility index (Phi) is 7.20. The Bertz CT molecular complexity index is 1070. The molecule has 0 saturated heterocycles.